The summed E-state index contributed by atoms with van der Waals surface area (Å²) in [4.78, 5) is 15.5. The van der Waals surface area contributed by atoms with Crippen molar-refractivity contribution in [2.45, 2.75) is 32.0 Å². The Bertz CT molecular complexity index is 608. The molecule has 1 saturated carbocycles. The minimum Gasteiger partial charge on any atom is -0.350 e. The number of carbonyl (C=O) groups excluding carboxylic acids is 1. The average molecular weight is 318 g/mol. The average Bonchev–Trinajstić information content (AvgIpc) is 3.23. The van der Waals surface area contributed by atoms with Crippen LogP contribution in [0.5, 0.6) is 0 Å². The fourth-order valence-corrected chi connectivity index (χ4v) is 3.06. The molecule has 0 atom stereocenters. The zero-order chi connectivity index (χ0) is 15.4. The van der Waals surface area contributed by atoms with Gasteiger partial charge in [-0.25, -0.2) is 4.39 Å². The second-order valence-electron chi connectivity index (χ2n) is 5.62. The van der Waals surface area contributed by atoms with Gasteiger partial charge < -0.3 is 5.32 Å². The smallest absolute Gasteiger partial charge is 0.234 e. The molecule has 1 heterocycles. The first-order valence-corrected chi connectivity index (χ1v) is 8.36. The molecule has 3 rings (SSSR count). The summed E-state index contributed by atoms with van der Waals surface area (Å²) in [6.07, 6.45) is 2.28. The molecule has 0 spiro atoms. The van der Waals surface area contributed by atoms with Crippen molar-refractivity contribution in [3.63, 3.8) is 0 Å². The maximum atomic E-state index is 13.0. The van der Waals surface area contributed by atoms with Crippen molar-refractivity contribution in [2.24, 2.45) is 0 Å². The van der Waals surface area contributed by atoms with Crippen LogP contribution in [0.4, 0.5) is 4.39 Å². The summed E-state index contributed by atoms with van der Waals surface area (Å²) in [5.41, 5.74) is 1.04. The SMILES string of the molecule is O=C(CN(Cc1ccc(F)cc1)C1CC1)NCc1cccs1. The lowest BCUT2D eigenvalue weighted by atomic mass is 10.2. The van der Waals surface area contributed by atoms with Crippen LogP contribution in [-0.2, 0) is 17.9 Å². The molecule has 22 heavy (non-hydrogen) atoms. The van der Waals surface area contributed by atoms with Gasteiger partial charge >= 0.3 is 0 Å². The maximum Gasteiger partial charge on any atom is 0.234 e. The molecule has 2 aromatic rings. The van der Waals surface area contributed by atoms with Crippen LogP contribution in [-0.4, -0.2) is 23.4 Å². The predicted molar refractivity (Wildman–Crippen MR) is 86.0 cm³/mol. The molecule has 116 valence electrons. The predicted octanol–water partition coefficient (Wildman–Crippen LogP) is 3.17. The van der Waals surface area contributed by atoms with Crippen LogP contribution in [0.15, 0.2) is 41.8 Å². The molecule has 1 aromatic heterocycles. The molecular weight excluding hydrogens is 299 g/mol. The van der Waals surface area contributed by atoms with Crippen molar-refractivity contribution in [3.8, 4) is 0 Å². The fraction of sp³-hybridized carbons (Fsp3) is 0.353. The van der Waals surface area contributed by atoms with E-state index in [0.29, 0.717) is 25.7 Å². The summed E-state index contributed by atoms with van der Waals surface area (Å²) in [6.45, 7) is 1.68. The third-order valence-electron chi connectivity index (χ3n) is 3.75. The highest BCUT2D eigenvalue weighted by atomic mass is 32.1. The Morgan fingerprint density at radius 3 is 2.68 bits per heavy atom. The molecule has 3 nitrogen and oxygen atoms in total. The molecule has 0 aliphatic heterocycles. The van der Waals surface area contributed by atoms with Gasteiger partial charge in [0.1, 0.15) is 5.82 Å². The van der Waals surface area contributed by atoms with Gasteiger partial charge in [0, 0.05) is 17.5 Å². The lowest BCUT2D eigenvalue weighted by Crippen LogP contribution is -2.37. The third-order valence-corrected chi connectivity index (χ3v) is 4.63. The van der Waals surface area contributed by atoms with Crippen LogP contribution in [0.2, 0.25) is 0 Å². The Balaban J connectivity index is 1.52. The second kappa shape index (κ2) is 7.03. The van der Waals surface area contributed by atoms with Crippen molar-refractivity contribution in [1.82, 2.24) is 10.2 Å². The van der Waals surface area contributed by atoms with E-state index in [1.807, 2.05) is 17.5 Å². The third kappa shape index (κ3) is 4.39. The van der Waals surface area contributed by atoms with Gasteiger partial charge in [0.2, 0.25) is 5.91 Å². The van der Waals surface area contributed by atoms with Crippen molar-refractivity contribution in [1.29, 1.82) is 0 Å². The highest BCUT2D eigenvalue weighted by Crippen LogP contribution is 2.28. The van der Waals surface area contributed by atoms with Gasteiger partial charge in [0.15, 0.2) is 0 Å². The summed E-state index contributed by atoms with van der Waals surface area (Å²) in [7, 11) is 0. The largest absolute Gasteiger partial charge is 0.350 e. The van der Waals surface area contributed by atoms with Gasteiger partial charge in [-0.2, -0.15) is 0 Å². The first kappa shape index (κ1) is 15.2. The summed E-state index contributed by atoms with van der Waals surface area (Å²) in [6, 6.07) is 11.0. The van der Waals surface area contributed by atoms with Crippen molar-refractivity contribution < 1.29 is 9.18 Å². The number of nitrogens with zero attached hydrogens (tertiary/aromatic N) is 1. The van der Waals surface area contributed by atoms with Gasteiger partial charge in [-0.3, -0.25) is 9.69 Å². The number of hydrogen-bond donors (Lipinski definition) is 1. The maximum absolute atomic E-state index is 13.0. The Hall–Kier alpha value is -1.72. The van der Waals surface area contributed by atoms with E-state index < -0.39 is 0 Å². The molecule has 0 saturated heterocycles. The number of thiophene rings is 1. The summed E-state index contributed by atoms with van der Waals surface area (Å²) in [5.74, 6) is -0.183. The molecular formula is C17H19FN2OS. The number of rotatable bonds is 7. The zero-order valence-corrected chi connectivity index (χ0v) is 13.1. The van der Waals surface area contributed by atoms with Gasteiger partial charge in [0.05, 0.1) is 13.1 Å². The van der Waals surface area contributed by atoms with Crippen molar-refractivity contribution in [3.05, 3.63) is 58.0 Å². The molecule has 1 amide bonds. The van der Waals surface area contributed by atoms with Crippen LogP contribution in [0, 0.1) is 5.82 Å². The summed E-state index contributed by atoms with van der Waals surface area (Å²) in [5, 5.41) is 4.97. The second-order valence-corrected chi connectivity index (χ2v) is 6.65. The van der Waals surface area contributed by atoms with Crippen molar-refractivity contribution in [2.75, 3.05) is 6.54 Å². The molecule has 0 radical (unpaired) electrons. The van der Waals surface area contributed by atoms with E-state index in [-0.39, 0.29) is 11.7 Å². The van der Waals surface area contributed by atoms with Gasteiger partial charge in [-0.1, -0.05) is 18.2 Å². The molecule has 5 heteroatoms. The van der Waals surface area contributed by atoms with E-state index in [4.69, 9.17) is 0 Å². The van der Waals surface area contributed by atoms with E-state index in [2.05, 4.69) is 10.2 Å². The quantitative estimate of drug-likeness (QED) is 0.850. The molecule has 1 N–H and O–H groups in total. The topological polar surface area (TPSA) is 32.3 Å². The van der Waals surface area contributed by atoms with Gasteiger partial charge in [0.25, 0.3) is 0 Å². The highest BCUT2D eigenvalue weighted by Gasteiger charge is 2.30. The molecule has 0 unspecified atom stereocenters. The van der Waals surface area contributed by atoms with E-state index in [1.54, 1.807) is 23.5 Å². The Labute approximate surface area is 133 Å². The zero-order valence-electron chi connectivity index (χ0n) is 12.3. The lowest BCUT2D eigenvalue weighted by molar-refractivity contribution is -0.122. The first-order valence-electron chi connectivity index (χ1n) is 7.48. The lowest BCUT2D eigenvalue weighted by Gasteiger charge is -2.21. The molecule has 1 aliphatic rings. The number of amides is 1. The molecule has 1 fully saturated rings. The van der Waals surface area contributed by atoms with E-state index >= 15 is 0 Å². The van der Waals surface area contributed by atoms with E-state index in [1.165, 1.54) is 12.1 Å². The molecule has 1 aromatic carbocycles. The minimum atomic E-state index is -0.226. The number of halogens is 1. The van der Waals surface area contributed by atoms with E-state index in [9.17, 15) is 9.18 Å². The van der Waals surface area contributed by atoms with Crippen LogP contribution >= 0.6 is 11.3 Å². The fourth-order valence-electron chi connectivity index (χ4n) is 2.42. The standard InChI is InChI=1S/C17H19FN2OS/c18-14-5-3-13(4-6-14)11-20(15-7-8-15)12-17(21)19-10-16-2-1-9-22-16/h1-6,9,15H,7-8,10-12H2,(H,19,21). The number of nitrogens with one attached hydrogen (secondary N) is 1. The highest BCUT2D eigenvalue weighted by molar-refractivity contribution is 7.09. The normalized spacial score (nSPS) is 14.3. The summed E-state index contributed by atoms with van der Waals surface area (Å²) < 4.78 is 13.0. The monoisotopic (exact) mass is 318 g/mol. The first-order chi connectivity index (χ1) is 10.7. The number of carbonyl (C=O) groups is 1. The van der Waals surface area contributed by atoms with Crippen LogP contribution in [0.3, 0.4) is 0 Å². The Morgan fingerprint density at radius 1 is 1.27 bits per heavy atom. The molecule has 0 bridgehead atoms. The Kier molecular flexibility index (Phi) is 4.85. The Morgan fingerprint density at radius 2 is 2.05 bits per heavy atom. The van der Waals surface area contributed by atoms with E-state index in [0.717, 1.165) is 23.3 Å². The van der Waals surface area contributed by atoms with Crippen molar-refractivity contribution >= 4 is 17.2 Å². The van der Waals surface area contributed by atoms with Gasteiger partial charge in [-0.05, 0) is 42.0 Å². The summed E-state index contributed by atoms with van der Waals surface area (Å²) >= 11 is 1.64. The van der Waals surface area contributed by atoms with Crippen LogP contribution < -0.4 is 5.32 Å². The minimum absolute atomic E-state index is 0.0439. The number of benzene rings is 1. The van der Waals surface area contributed by atoms with Crippen LogP contribution in [0.1, 0.15) is 23.3 Å². The van der Waals surface area contributed by atoms with Crippen LogP contribution in [0.25, 0.3) is 0 Å². The van der Waals surface area contributed by atoms with Gasteiger partial charge in [-0.15, -0.1) is 11.3 Å². The number of hydrogen-bond acceptors (Lipinski definition) is 3. The molecule has 1 aliphatic carbocycles.